The molecule has 0 amide bonds. The smallest absolute Gasteiger partial charge is 0.339 e. The van der Waals surface area contributed by atoms with Crippen molar-refractivity contribution in [3.63, 3.8) is 0 Å². The number of nitro groups is 2. The van der Waals surface area contributed by atoms with Crippen LogP contribution in [0, 0.1) is 20.2 Å². The van der Waals surface area contributed by atoms with Gasteiger partial charge in [0.25, 0.3) is 11.4 Å². The number of ether oxygens (including phenoxy) is 3. The van der Waals surface area contributed by atoms with Gasteiger partial charge in [0.1, 0.15) is 11.5 Å². The van der Waals surface area contributed by atoms with E-state index in [1.54, 1.807) is 0 Å². The van der Waals surface area contributed by atoms with Crippen LogP contribution in [0.15, 0.2) is 48.5 Å². The molecule has 2 aromatic carbocycles. The van der Waals surface area contributed by atoms with Gasteiger partial charge in [0, 0.05) is 24.3 Å². The molecule has 1 N–H and O–H groups in total. The highest BCUT2D eigenvalue weighted by atomic mass is 16.6. The van der Waals surface area contributed by atoms with Crippen LogP contribution in [0.3, 0.4) is 0 Å². The predicted octanol–water partition coefficient (Wildman–Crippen LogP) is 2.48. The van der Waals surface area contributed by atoms with Crippen molar-refractivity contribution in [2.45, 2.75) is 38.4 Å². The van der Waals surface area contributed by atoms with Gasteiger partial charge in [-0.05, 0) is 38.1 Å². The summed E-state index contributed by atoms with van der Waals surface area (Å²) in [6.45, 7) is 2.98. The minimum absolute atomic E-state index is 0.0939. The molecule has 13 heteroatoms. The number of carbonyl (C=O) groups is 3. The maximum atomic E-state index is 12.5. The van der Waals surface area contributed by atoms with E-state index in [1.807, 2.05) is 0 Å². The van der Waals surface area contributed by atoms with Crippen LogP contribution in [0.4, 0.5) is 11.4 Å². The second kappa shape index (κ2) is 11.0. The van der Waals surface area contributed by atoms with Crippen molar-refractivity contribution in [3.05, 3.63) is 68.8 Å². The molecule has 0 bridgehead atoms. The summed E-state index contributed by atoms with van der Waals surface area (Å²) in [5.74, 6) is -3.71. The van der Waals surface area contributed by atoms with Gasteiger partial charge in [0.05, 0.1) is 28.8 Å². The SMILES string of the molecule is CC(C)OC(=O)C(O)(CC(=O)Oc1ccc([N+](=O)[O-])cc1)CC(=O)Oc1ccc([N+](=O)[O-])cc1. The van der Waals surface area contributed by atoms with E-state index in [9.17, 15) is 39.7 Å². The summed E-state index contributed by atoms with van der Waals surface area (Å²) in [6.07, 6.45) is -2.68. The van der Waals surface area contributed by atoms with Gasteiger partial charge in [-0.1, -0.05) is 0 Å². The summed E-state index contributed by atoms with van der Waals surface area (Å²) >= 11 is 0. The third-order valence-corrected chi connectivity index (χ3v) is 4.15. The highest BCUT2D eigenvalue weighted by Crippen LogP contribution is 2.24. The second-order valence-corrected chi connectivity index (χ2v) is 7.29. The molecule has 0 aliphatic carbocycles. The Kier molecular flexibility index (Phi) is 8.34. The van der Waals surface area contributed by atoms with Crippen molar-refractivity contribution in [2.24, 2.45) is 0 Å². The van der Waals surface area contributed by atoms with Gasteiger partial charge in [0.2, 0.25) is 0 Å². The van der Waals surface area contributed by atoms with Gasteiger partial charge >= 0.3 is 17.9 Å². The van der Waals surface area contributed by atoms with Gasteiger partial charge in [-0.3, -0.25) is 29.8 Å². The monoisotopic (exact) mass is 476 g/mol. The van der Waals surface area contributed by atoms with Crippen molar-refractivity contribution < 1.29 is 43.5 Å². The first kappa shape index (κ1) is 25.9. The van der Waals surface area contributed by atoms with Crippen LogP contribution in [-0.2, 0) is 19.1 Å². The molecule has 0 radical (unpaired) electrons. The summed E-state index contributed by atoms with van der Waals surface area (Å²) in [7, 11) is 0. The molecular formula is C21H20N2O11. The largest absolute Gasteiger partial charge is 0.461 e. The second-order valence-electron chi connectivity index (χ2n) is 7.29. The van der Waals surface area contributed by atoms with E-state index in [2.05, 4.69) is 0 Å². The standard InChI is InChI=1S/C21H20N2O11/c1-13(2)32-20(26)21(27,11-18(24)33-16-7-3-14(4-8-16)22(28)29)12-19(25)34-17-9-5-15(6-10-17)23(30)31/h3-10,13,27H,11-12H2,1-2H3. The fraction of sp³-hybridized carbons (Fsp3) is 0.286. The topological polar surface area (TPSA) is 185 Å². The van der Waals surface area contributed by atoms with E-state index in [1.165, 1.54) is 13.8 Å². The molecule has 0 aromatic heterocycles. The summed E-state index contributed by atoms with van der Waals surface area (Å²) in [5, 5.41) is 32.2. The maximum Gasteiger partial charge on any atom is 0.339 e. The molecule has 0 atom stereocenters. The van der Waals surface area contributed by atoms with Gasteiger partial charge < -0.3 is 19.3 Å². The molecule has 180 valence electrons. The van der Waals surface area contributed by atoms with Crippen LogP contribution in [0.25, 0.3) is 0 Å². The molecule has 0 saturated carbocycles. The number of rotatable bonds is 10. The highest BCUT2D eigenvalue weighted by molar-refractivity contribution is 5.91. The average Bonchev–Trinajstić information content (AvgIpc) is 2.73. The average molecular weight is 476 g/mol. The lowest BCUT2D eigenvalue weighted by atomic mass is 9.95. The molecule has 13 nitrogen and oxygen atoms in total. The molecule has 0 fully saturated rings. The molecule has 34 heavy (non-hydrogen) atoms. The summed E-state index contributed by atoms with van der Waals surface area (Å²) in [4.78, 5) is 57.2. The van der Waals surface area contributed by atoms with Crippen molar-refractivity contribution >= 4 is 29.3 Å². The number of nitro benzene ring substituents is 2. The minimum atomic E-state index is -2.65. The predicted molar refractivity (Wildman–Crippen MR) is 113 cm³/mol. The fourth-order valence-corrected chi connectivity index (χ4v) is 2.62. The highest BCUT2D eigenvalue weighted by Gasteiger charge is 2.44. The Bertz CT molecular complexity index is 1010. The van der Waals surface area contributed by atoms with Gasteiger partial charge in [0.15, 0.2) is 5.60 Å². The van der Waals surface area contributed by atoms with Crippen LogP contribution >= 0.6 is 0 Å². The molecule has 0 heterocycles. The number of carbonyl (C=O) groups excluding carboxylic acids is 3. The zero-order valence-corrected chi connectivity index (χ0v) is 18.0. The molecule has 0 saturated heterocycles. The van der Waals surface area contributed by atoms with Gasteiger partial charge in [-0.25, -0.2) is 4.79 Å². The Morgan fingerprint density at radius 1 is 0.824 bits per heavy atom. The number of hydrogen-bond acceptors (Lipinski definition) is 11. The van der Waals surface area contributed by atoms with E-state index in [-0.39, 0.29) is 22.9 Å². The first-order valence-corrected chi connectivity index (χ1v) is 9.73. The van der Waals surface area contributed by atoms with E-state index in [4.69, 9.17) is 14.2 Å². The van der Waals surface area contributed by atoms with E-state index >= 15 is 0 Å². The molecule has 0 aliphatic rings. The Balaban J connectivity index is 2.13. The number of hydrogen-bond donors (Lipinski definition) is 1. The van der Waals surface area contributed by atoms with Crippen LogP contribution in [0.5, 0.6) is 11.5 Å². The van der Waals surface area contributed by atoms with Crippen molar-refractivity contribution in [1.29, 1.82) is 0 Å². The number of esters is 3. The molecule has 0 aliphatic heterocycles. The van der Waals surface area contributed by atoms with Crippen molar-refractivity contribution in [2.75, 3.05) is 0 Å². The third-order valence-electron chi connectivity index (χ3n) is 4.15. The van der Waals surface area contributed by atoms with Gasteiger partial charge in [-0.2, -0.15) is 0 Å². The van der Waals surface area contributed by atoms with Crippen molar-refractivity contribution in [3.8, 4) is 11.5 Å². The first-order chi connectivity index (χ1) is 15.9. The Morgan fingerprint density at radius 2 is 1.18 bits per heavy atom. The Morgan fingerprint density at radius 3 is 1.47 bits per heavy atom. The lowest BCUT2D eigenvalue weighted by Crippen LogP contribution is -2.46. The zero-order chi connectivity index (χ0) is 25.5. The number of nitrogens with zero attached hydrogens (tertiary/aromatic N) is 2. The lowest BCUT2D eigenvalue weighted by Gasteiger charge is -2.25. The molecule has 2 aromatic rings. The number of aliphatic hydroxyl groups is 1. The van der Waals surface area contributed by atoms with Crippen molar-refractivity contribution in [1.82, 2.24) is 0 Å². The first-order valence-electron chi connectivity index (χ1n) is 9.73. The molecule has 0 unspecified atom stereocenters. The lowest BCUT2D eigenvalue weighted by molar-refractivity contribution is -0.385. The maximum absolute atomic E-state index is 12.5. The summed E-state index contributed by atoms with van der Waals surface area (Å²) in [6, 6.07) is 8.92. The van der Waals surface area contributed by atoms with E-state index in [0.717, 1.165) is 48.5 Å². The fourth-order valence-electron chi connectivity index (χ4n) is 2.62. The third kappa shape index (κ3) is 7.34. The van der Waals surface area contributed by atoms with E-state index < -0.39 is 52.3 Å². The van der Waals surface area contributed by atoms with Crippen LogP contribution in [-0.4, -0.2) is 44.6 Å². The minimum Gasteiger partial charge on any atom is -0.461 e. The Labute approximate surface area is 192 Å². The van der Waals surface area contributed by atoms with Crippen LogP contribution < -0.4 is 9.47 Å². The van der Waals surface area contributed by atoms with Crippen LogP contribution in [0.1, 0.15) is 26.7 Å². The summed E-state index contributed by atoms with van der Waals surface area (Å²) in [5.41, 5.74) is -3.14. The van der Waals surface area contributed by atoms with Gasteiger partial charge in [-0.15, -0.1) is 0 Å². The molecular weight excluding hydrogens is 456 g/mol. The van der Waals surface area contributed by atoms with Crippen LogP contribution in [0.2, 0.25) is 0 Å². The molecule has 0 spiro atoms. The molecule has 2 rings (SSSR count). The number of benzene rings is 2. The quantitative estimate of drug-likeness (QED) is 0.230. The Hall–Kier alpha value is -4.39. The summed E-state index contributed by atoms with van der Waals surface area (Å²) < 4.78 is 14.9. The van der Waals surface area contributed by atoms with E-state index in [0.29, 0.717) is 0 Å². The normalized spacial score (nSPS) is 10.9. The zero-order valence-electron chi connectivity index (χ0n) is 18.0. The number of non-ortho nitro benzene ring substituents is 2.